The van der Waals surface area contributed by atoms with Crippen molar-refractivity contribution >= 4 is 17.2 Å². The molecule has 0 bridgehead atoms. The Kier molecular flexibility index (Phi) is 6.14. The third kappa shape index (κ3) is 4.86. The van der Waals surface area contributed by atoms with E-state index in [1.165, 1.54) is 16.7 Å². The minimum absolute atomic E-state index is 0.0533. The van der Waals surface area contributed by atoms with Crippen LogP contribution in [0.25, 0.3) is 11.1 Å². The summed E-state index contributed by atoms with van der Waals surface area (Å²) in [6.07, 6.45) is 3.78. The van der Waals surface area contributed by atoms with Gasteiger partial charge in [-0.15, -0.1) is 0 Å². The first kappa shape index (κ1) is 18.8. The average molecular weight is 392 g/mol. The second-order valence-corrected chi connectivity index (χ2v) is 8.11. The highest BCUT2D eigenvalue weighted by atomic mass is 32.1. The summed E-state index contributed by atoms with van der Waals surface area (Å²) in [5.41, 5.74) is 4.74. The van der Waals surface area contributed by atoms with E-state index in [-0.39, 0.29) is 11.8 Å². The molecule has 2 aromatic heterocycles. The maximum atomic E-state index is 12.6. The van der Waals surface area contributed by atoms with Crippen LogP contribution in [0.2, 0.25) is 0 Å². The van der Waals surface area contributed by atoms with E-state index >= 15 is 0 Å². The molecule has 1 unspecified atom stereocenters. The maximum absolute atomic E-state index is 12.6. The van der Waals surface area contributed by atoms with Gasteiger partial charge in [0.25, 0.3) is 0 Å². The van der Waals surface area contributed by atoms with Gasteiger partial charge in [-0.25, -0.2) is 0 Å². The fraction of sp³-hybridized carbons (Fsp3) is 0.304. The lowest BCUT2D eigenvalue weighted by Gasteiger charge is -2.32. The van der Waals surface area contributed by atoms with Crippen LogP contribution >= 0.6 is 11.3 Å². The number of aromatic nitrogens is 1. The molecule has 5 heteroatoms. The third-order valence-electron chi connectivity index (χ3n) is 5.23. The van der Waals surface area contributed by atoms with E-state index < -0.39 is 0 Å². The zero-order chi connectivity index (χ0) is 19.2. The van der Waals surface area contributed by atoms with Gasteiger partial charge < -0.3 is 5.32 Å². The zero-order valence-electron chi connectivity index (χ0n) is 15.9. The molecule has 3 heterocycles. The minimum Gasteiger partial charge on any atom is -0.350 e. The van der Waals surface area contributed by atoms with Crippen LogP contribution in [0.1, 0.15) is 24.1 Å². The van der Waals surface area contributed by atoms with Crippen LogP contribution in [0, 0.1) is 5.92 Å². The minimum atomic E-state index is 0.0533. The van der Waals surface area contributed by atoms with Crippen molar-refractivity contribution in [2.45, 2.75) is 25.9 Å². The Bertz CT molecular complexity index is 895. The molecule has 0 saturated carbocycles. The highest BCUT2D eigenvalue weighted by Gasteiger charge is 2.25. The smallest absolute Gasteiger partial charge is 0.224 e. The molecule has 0 aliphatic carbocycles. The number of benzene rings is 1. The van der Waals surface area contributed by atoms with Crippen molar-refractivity contribution in [3.05, 3.63) is 76.7 Å². The van der Waals surface area contributed by atoms with Gasteiger partial charge in [0.05, 0.1) is 18.2 Å². The van der Waals surface area contributed by atoms with Crippen LogP contribution in [0.4, 0.5) is 0 Å². The second-order valence-electron chi connectivity index (χ2n) is 7.33. The summed E-state index contributed by atoms with van der Waals surface area (Å²) in [5.74, 6) is 0.194. The number of nitrogens with zero attached hydrogens (tertiary/aromatic N) is 2. The summed E-state index contributed by atoms with van der Waals surface area (Å²) in [4.78, 5) is 19.3. The Balaban J connectivity index is 1.34. The number of rotatable bonds is 6. The largest absolute Gasteiger partial charge is 0.350 e. The molecule has 0 radical (unpaired) electrons. The predicted molar refractivity (Wildman–Crippen MR) is 114 cm³/mol. The van der Waals surface area contributed by atoms with Gasteiger partial charge >= 0.3 is 0 Å². The van der Waals surface area contributed by atoms with Crippen molar-refractivity contribution in [2.24, 2.45) is 5.92 Å². The number of hydrogen-bond acceptors (Lipinski definition) is 4. The quantitative estimate of drug-likeness (QED) is 0.680. The molecular weight excluding hydrogens is 366 g/mol. The molecule has 1 aliphatic heterocycles. The molecule has 1 amide bonds. The highest BCUT2D eigenvalue weighted by Crippen LogP contribution is 2.24. The normalized spacial score (nSPS) is 17.4. The number of carbonyl (C=O) groups excluding carboxylic acids is 1. The second kappa shape index (κ2) is 9.13. The van der Waals surface area contributed by atoms with Crippen molar-refractivity contribution in [3.63, 3.8) is 0 Å². The summed E-state index contributed by atoms with van der Waals surface area (Å²) in [6.45, 7) is 3.25. The summed E-state index contributed by atoms with van der Waals surface area (Å²) >= 11 is 1.72. The Morgan fingerprint density at radius 2 is 2.14 bits per heavy atom. The van der Waals surface area contributed by atoms with E-state index in [0.29, 0.717) is 6.54 Å². The Morgan fingerprint density at radius 3 is 2.96 bits per heavy atom. The van der Waals surface area contributed by atoms with E-state index in [4.69, 9.17) is 0 Å². The first-order valence-electron chi connectivity index (χ1n) is 9.79. The molecule has 1 atom stereocenters. The lowest BCUT2D eigenvalue weighted by Crippen LogP contribution is -2.42. The molecule has 1 N–H and O–H groups in total. The summed E-state index contributed by atoms with van der Waals surface area (Å²) in [7, 11) is 0. The van der Waals surface area contributed by atoms with Gasteiger partial charge in [0.1, 0.15) is 0 Å². The van der Waals surface area contributed by atoms with Crippen LogP contribution in [0.3, 0.4) is 0 Å². The number of nitrogens with one attached hydrogen (secondary N) is 1. The fourth-order valence-corrected chi connectivity index (χ4v) is 4.44. The Morgan fingerprint density at radius 1 is 1.18 bits per heavy atom. The van der Waals surface area contributed by atoms with Gasteiger partial charge in [-0.05, 0) is 71.1 Å². The zero-order valence-corrected chi connectivity index (χ0v) is 16.7. The fourth-order valence-electron chi connectivity index (χ4n) is 3.77. The van der Waals surface area contributed by atoms with Crippen LogP contribution in [-0.2, 0) is 17.9 Å². The predicted octanol–water partition coefficient (Wildman–Crippen LogP) is 4.34. The van der Waals surface area contributed by atoms with Crippen molar-refractivity contribution < 1.29 is 4.79 Å². The lowest BCUT2D eigenvalue weighted by atomic mass is 9.96. The SMILES string of the molecule is O=C(NCc1ccccn1)C1CCCN(Cc2cccc(-c3ccsc3)c2)C1. The molecule has 4 rings (SSSR count). The molecule has 28 heavy (non-hydrogen) atoms. The third-order valence-corrected chi connectivity index (χ3v) is 5.92. The summed E-state index contributed by atoms with van der Waals surface area (Å²) in [5, 5.41) is 7.35. The summed E-state index contributed by atoms with van der Waals surface area (Å²) < 4.78 is 0. The number of hydrogen-bond donors (Lipinski definition) is 1. The number of piperidine rings is 1. The van der Waals surface area contributed by atoms with Crippen molar-refractivity contribution in [2.75, 3.05) is 13.1 Å². The molecule has 0 spiro atoms. The molecule has 3 aromatic rings. The number of pyridine rings is 1. The van der Waals surface area contributed by atoms with E-state index in [1.54, 1.807) is 17.5 Å². The first-order chi connectivity index (χ1) is 13.8. The number of carbonyl (C=O) groups is 1. The highest BCUT2D eigenvalue weighted by molar-refractivity contribution is 7.08. The number of likely N-dealkylation sites (tertiary alicyclic amines) is 1. The van der Waals surface area contributed by atoms with E-state index in [2.05, 4.69) is 56.3 Å². The van der Waals surface area contributed by atoms with Gasteiger partial charge in [-0.3, -0.25) is 14.7 Å². The first-order valence-corrected chi connectivity index (χ1v) is 10.7. The van der Waals surface area contributed by atoms with Crippen LogP contribution in [-0.4, -0.2) is 28.9 Å². The van der Waals surface area contributed by atoms with Gasteiger partial charge in [-0.1, -0.05) is 24.3 Å². The monoisotopic (exact) mass is 391 g/mol. The van der Waals surface area contributed by atoms with Crippen LogP contribution < -0.4 is 5.32 Å². The molecule has 1 aromatic carbocycles. The standard InChI is InChI=1S/C23H25N3OS/c27-23(25-14-22-8-1-2-10-24-22)20-7-4-11-26(16-20)15-18-5-3-6-19(13-18)21-9-12-28-17-21/h1-3,5-6,8-10,12-13,17,20H,4,7,11,14-16H2,(H,25,27). The molecule has 1 saturated heterocycles. The van der Waals surface area contributed by atoms with Crippen molar-refractivity contribution in [3.8, 4) is 11.1 Å². The van der Waals surface area contributed by atoms with E-state index in [0.717, 1.165) is 38.2 Å². The average Bonchev–Trinajstić information content (AvgIpc) is 3.28. The van der Waals surface area contributed by atoms with Crippen LogP contribution in [0.5, 0.6) is 0 Å². The van der Waals surface area contributed by atoms with Gasteiger partial charge in [0, 0.05) is 19.3 Å². The van der Waals surface area contributed by atoms with Gasteiger partial charge in [0.2, 0.25) is 5.91 Å². The molecule has 1 fully saturated rings. The molecule has 4 nitrogen and oxygen atoms in total. The number of thiophene rings is 1. The van der Waals surface area contributed by atoms with Crippen LogP contribution in [0.15, 0.2) is 65.5 Å². The Hall–Kier alpha value is -2.50. The Labute approximate surface area is 170 Å². The number of amides is 1. The van der Waals surface area contributed by atoms with E-state index in [1.807, 2.05) is 18.2 Å². The molecular formula is C23H25N3OS. The van der Waals surface area contributed by atoms with E-state index in [9.17, 15) is 4.79 Å². The van der Waals surface area contributed by atoms with Gasteiger partial charge in [-0.2, -0.15) is 11.3 Å². The summed E-state index contributed by atoms with van der Waals surface area (Å²) in [6, 6.07) is 16.7. The molecule has 1 aliphatic rings. The van der Waals surface area contributed by atoms with Crippen molar-refractivity contribution in [1.82, 2.24) is 15.2 Å². The lowest BCUT2D eigenvalue weighted by molar-refractivity contribution is -0.127. The van der Waals surface area contributed by atoms with Crippen molar-refractivity contribution in [1.29, 1.82) is 0 Å². The van der Waals surface area contributed by atoms with Gasteiger partial charge in [0.15, 0.2) is 0 Å². The molecule has 144 valence electrons. The maximum Gasteiger partial charge on any atom is 0.224 e. The topological polar surface area (TPSA) is 45.2 Å².